The largest absolute Gasteiger partial charge is 0.458 e. The van der Waals surface area contributed by atoms with Crippen molar-refractivity contribution in [2.75, 3.05) is 19.6 Å². The van der Waals surface area contributed by atoms with Gasteiger partial charge in [0.2, 0.25) is 0 Å². The summed E-state index contributed by atoms with van der Waals surface area (Å²) < 4.78 is 6.21. The molecule has 0 aromatic rings. The fraction of sp³-hybridized carbons (Fsp3) is 0.947. The van der Waals surface area contributed by atoms with Gasteiger partial charge in [-0.1, -0.05) is 6.42 Å². The Morgan fingerprint density at radius 2 is 1.59 bits per heavy atom. The molecule has 122 valence electrons. The second-order valence-corrected chi connectivity index (χ2v) is 8.94. The Labute approximate surface area is 133 Å². The standard InChI is InChI=1S/C19H29NO2/c21-18-15(12-20-4-2-1-3-5-20)11-19(22-18)16-7-13-6-14(9-16)10-17(19)8-13/h13-17H,1-12H2. The van der Waals surface area contributed by atoms with Crippen molar-refractivity contribution in [1.29, 1.82) is 0 Å². The molecular formula is C19H29NO2. The zero-order valence-electron chi connectivity index (χ0n) is 13.6. The van der Waals surface area contributed by atoms with Crippen LogP contribution < -0.4 is 0 Å². The highest BCUT2D eigenvalue weighted by molar-refractivity contribution is 5.76. The Bertz CT molecular complexity index is 440. The van der Waals surface area contributed by atoms with Crippen LogP contribution in [0.15, 0.2) is 0 Å². The first-order valence-electron chi connectivity index (χ1n) is 9.68. The van der Waals surface area contributed by atoms with E-state index in [4.69, 9.17) is 4.74 Å². The van der Waals surface area contributed by atoms with E-state index in [1.54, 1.807) is 0 Å². The monoisotopic (exact) mass is 303 g/mol. The van der Waals surface area contributed by atoms with Crippen molar-refractivity contribution >= 4 is 5.97 Å². The normalized spacial score (nSPS) is 50.7. The van der Waals surface area contributed by atoms with Gasteiger partial charge in [-0.25, -0.2) is 0 Å². The molecular weight excluding hydrogens is 274 g/mol. The van der Waals surface area contributed by atoms with Crippen LogP contribution in [0.5, 0.6) is 0 Å². The third kappa shape index (κ3) is 2.00. The smallest absolute Gasteiger partial charge is 0.310 e. The van der Waals surface area contributed by atoms with Gasteiger partial charge in [-0.3, -0.25) is 4.79 Å². The van der Waals surface area contributed by atoms with Gasteiger partial charge in [0, 0.05) is 13.0 Å². The molecule has 6 fully saturated rings. The maximum absolute atomic E-state index is 12.6. The average Bonchev–Trinajstić information content (AvgIpc) is 2.83. The van der Waals surface area contributed by atoms with Crippen LogP contribution in [0.4, 0.5) is 0 Å². The summed E-state index contributed by atoms with van der Waals surface area (Å²) in [5.41, 5.74) is -0.0367. The molecule has 1 atom stereocenters. The SMILES string of the molecule is O=C1OC2(CC1CN1CCCCC1)C1CC3CC(C1)CC2C3. The Kier molecular flexibility index (Phi) is 3.12. The summed E-state index contributed by atoms with van der Waals surface area (Å²) in [5, 5.41) is 0. The van der Waals surface area contributed by atoms with Gasteiger partial charge in [-0.05, 0) is 81.7 Å². The van der Waals surface area contributed by atoms with Crippen molar-refractivity contribution in [1.82, 2.24) is 4.90 Å². The molecule has 4 saturated carbocycles. The lowest BCUT2D eigenvalue weighted by atomic mass is 9.49. The Morgan fingerprint density at radius 1 is 0.955 bits per heavy atom. The van der Waals surface area contributed by atoms with Crippen molar-refractivity contribution in [2.45, 2.75) is 63.4 Å². The van der Waals surface area contributed by atoms with Crippen LogP contribution in [0, 0.1) is 29.6 Å². The predicted octanol–water partition coefficient (Wildman–Crippen LogP) is 3.23. The first-order chi connectivity index (χ1) is 10.7. The second kappa shape index (κ2) is 4.96. The Balaban J connectivity index is 1.33. The van der Waals surface area contributed by atoms with E-state index < -0.39 is 0 Å². The number of carbonyl (C=O) groups excluding carboxylic acids is 1. The quantitative estimate of drug-likeness (QED) is 0.734. The lowest BCUT2D eigenvalue weighted by Crippen LogP contribution is -2.57. The summed E-state index contributed by atoms with van der Waals surface area (Å²) >= 11 is 0. The lowest BCUT2D eigenvalue weighted by Gasteiger charge is -2.58. The molecule has 2 saturated heterocycles. The number of esters is 1. The molecule has 1 unspecified atom stereocenters. The van der Waals surface area contributed by atoms with Gasteiger partial charge in [0.25, 0.3) is 0 Å². The van der Waals surface area contributed by atoms with E-state index in [2.05, 4.69) is 4.90 Å². The van der Waals surface area contributed by atoms with Crippen molar-refractivity contribution in [3.63, 3.8) is 0 Å². The molecule has 2 heterocycles. The van der Waals surface area contributed by atoms with Gasteiger partial charge in [0.15, 0.2) is 0 Å². The van der Waals surface area contributed by atoms with E-state index in [0.29, 0.717) is 11.8 Å². The van der Waals surface area contributed by atoms with Gasteiger partial charge >= 0.3 is 5.97 Å². The van der Waals surface area contributed by atoms with Crippen LogP contribution in [-0.4, -0.2) is 36.1 Å². The summed E-state index contributed by atoms with van der Waals surface area (Å²) in [4.78, 5) is 15.1. The minimum atomic E-state index is -0.0367. The zero-order valence-corrected chi connectivity index (χ0v) is 13.6. The summed E-state index contributed by atoms with van der Waals surface area (Å²) in [6.45, 7) is 3.34. The van der Waals surface area contributed by atoms with Gasteiger partial charge in [-0.2, -0.15) is 0 Å². The highest BCUT2D eigenvalue weighted by atomic mass is 16.6. The Hall–Kier alpha value is -0.570. The highest BCUT2D eigenvalue weighted by Crippen LogP contribution is 2.63. The predicted molar refractivity (Wildman–Crippen MR) is 84.3 cm³/mol. The molecule has 4 bridgehead atoms. The topological polar surface area (TPSA) is 29.5 Å². The summed E-state index contributed by atoms with van der Waals surface area (Å²) in [6, 6.07) is 0. The van der Waals surface area contributed by atoms with E-state index in [1.807, 2.05) is 0 Å². The van der Waals surface area contributed by atoms with Crippen LogP contribution in [0.3, 0.4) is 0 Å². The van der Waals surface area contributed by atoms with Gasteiger partial charge < -0.3 is 9.64 Å². The van der Waals surface area contributed by atoms with Crippen LogP contribution in [0.2, 0.25) is 0 Å². The molecule has 6 rings (SSSR count). The van der Waals surface area contributed by atoms with E-state index in [0.717, 1.165) is 24.8 Å². The van der Waals surface area contributed by atoms with E-state index in [1.165, 1.54) is 64.5 Å². The molecule has 1 spiro atoms. The first kappa shape index (κ1) is 13.8. The second-order valence-electron chi connectivity index (χ2n) is 8.94. The minimum Gasteiger partial charge on any atom is -0.458 e. The third-order valence-corrected chi connectivity index (χ3v) is 7.64. The average molecular weight is 303 g/mol. The van der Waals surface area contributed by atoms with Crippen LogP contribution >= 0.6 is 0 Å². The number of hydrogen-bond donors (Lipinski definition) is 0. The number of hydrogen-bond acceptors (Lipinski definition) is 3. The van der Waals surface area contributed by atoms with Crippen LogP contribution in [0.25, 0.3) is 0 Å². The maximum Gasteiger partial charge on any atom is 0.310 e. The van der Waals surface area contributed by atoms with Gasteiger partial charge in [-0.15, -0.1) is 0 Å². The lowest BCUT2D eigenvalue weighted by molar-refractivity contribution is -0.191. The van der Waals surface area contributed by atoms with E-state index in [9.17, 15) is 4.79 Å². The van der Waals surface area contributed by atoms with Crippen LogP contribution in [-0.2, 0) is 9.53 Å². The minimum absolute atomic E-state index is 0.0367. The van der Waals surface area contributed by atoms with Crippen molar-refractivity contribution in [2.24, 2.45) is 29.6 Å². The van der Waals surface area contributed by atoms with Crippen molar-refractivity contribution < 1.29 is 9.53 Å². The number of nitrogens with zero attached hydrogens (tertiary/aromatic N) is 1. The zero-order chi connectivity index (χ0) is 14.7. The van der Waals surface area contributed by atoms with E-state index >= 15 is 0 Å². The van der Waals surface area contributed by atoms with Crippen LogP contribution in [0.1, 0.15) is 57.8 Å². The Morgan fingerprint density at radius 3 is 2.23 bits per heavy atom. The van der Waals surface area contributed by atoms with Gasteiger partial charge in [0.05, 0.1) is 5.92 Å². The number of rotatable bonds is 2. The molecule has 3 nitrogen and oxygen atoms in total. The first-order valence-corrected chi connectivity index (χ1v) is 9.68. The number of ether oxygens (including phenoxy) is 1. The van der Waals surface area contributed by atoms with Gasteiger partial charge in [0.1, 0.15) is 5.60 Å². The van der Waals surface area contributed by atoms with Crippen molar-refractivity contribution in [3.05, 3.63) is 0 Å². The fourth-order valence-corrected chi connectivity index (χ4v) is 6.86. The highest BCUT2D eigenvalue weighted by Gasteiger charge is 2.63. The summed E-state index contributed by atoms with van der Waals surface area (Å²) in [6.07, 6.45) is 11.9. The van der Waals surface area contributed by atoms with Crippen molar-refractivity contribution in [3.8, 4) is 0 Å². The molecule has 0 aromatic carbocycles. The fourth-order valence-electron chi connectivity index (χ4n) is 6.86. The summed E-state index contributed by atoms with van der Waals surface area (Å²) in [5.74, 6) is 3.59. The summed E-state index contributed by atoms with van der Waals surface area (Å²) in [7, 11) is 0. The number of carbonyl (C=O) groups is 1. The molecule has 3 heteroatoms. The molecule has 6 aliphatic rings. The molecule has 0 radical (unpaired) electrons. The number of likely N-dealkylation sites (tertiary alicyclic amines) is 1. The maximum atomic E-state index is 12.6. The third-order valence-electron chi connectivity index (χ3n) is 7.64. The molecule has 0 amide bonds. The molecule has 0 N–H and O–H groups in total. The molecule has 0 aromatic heterocycles. The number of piperidine rings is 1. The molecule has 2 aliphatic heterocycles. The van der Waals surface area contributed by atoms with E-state index in [-0.39, 0.29) is 17.5 Å². The molecule has 4 aliphatic carbocycles. The molecule has 22 heavy (non-hydrogen) atoms.